The number of aliphatic hydroxyl groups is 1. The Morgan fingerprint density at radius 3 is 2.53 bits per heavy atom. The summed E-state index contributed by atoms with van der Waals surface area (Å²) in [6, 6.07) is 0. The molecule has 1 N–H and O–H groups in total. The van der Waals surface area contributed by atoms with E-state index >= 15 is 0 Å². The molecule has 0 aromatic heterocycles. The van der Waals surface area contributed by atoms with Crippen molar-refractivity contribution in [2.24, 2.45) is 5.92 Å². The zero-order valence-electron chi connectivity index (χ0n) is 10.8. The van der Waals surface area contributed by atoms with Crippen molar-refractivity contribution in [1.82, 2.24) is 4.90 Å². The van der Waals surface area contributed by atoms with Crippen LogP contribution in [0.1, 0.15) is 33.6 Å². The second-order valence-electron chi connectivity index (χ2n) is 5.50. The Hall–Kier alpha value is -0.840. The number of carbonyl (C=O) groups excluding carboxylic acids is 1. The van der Waals surface area contributed by atoms with Crippen molar-refractivity contribution >= 4 is 6.09 Å². The molecule has 0 aromatic rings. The average molecular weight is 247 g/mol. The highest BCUT2D eigenvalue weighted by Crippen LogP contribution is 2.22. The monoisotopic (exact) mass is 247 g/mol. The number of hydrogen-bond acceptors (Lipinski definition) is 3. The number of likely N-dealkylation sites (tertiary alicyclic amines) is 1. The maximum Gasteiger partial charge on any atom is 0.410 e. The molecule has 1 rings (SSSR count). The quantitative estimate of drug-likeness (QED) is 0.770. The molecule has 1 aliphatic rings. The highest BCUT2D eigenvalue weighted by Gasteiger charge is 2.29. The average Bonchev–Trinajstić information content (AvgIpc) is 2.37. The molecular weight excluding hydrogens is 225 g/mol. The molecule has 1 fully saturated rings. The normalized spacial score (nSPS) is 26.5. The van der Waals surface area contributed by atoms with Gasteiger partial charge in [-0.1, -0.05) is 0 Å². The molecule has 0 saturated carbocycles. The summed E-state index contributed by atoms with van der Waals surface area (Å²) in [4.78, 5) is 13.3. The summed E-state index contributed by atoms with van der Waals surface area (Å²) in [5.74, 6) is -0.359. The maximum absolute atomic E-state index is 13.5. The van der Waals surface area contributed by atoms with Crippen LogP contribution in [0.4, 0.5) is 9.18 Å². The number of rotatable bonds is 1. The summed E-state index contributed by atoms with van der Waals surface area (Å²) in [7, 11) is 0. The minimum absolute atomic E-state index is 0.163. The van der Waals surface area contributed by atoms with Crippen LogP contribution in [0, 0.1) is 5.92 Å². The summed E-state index contributed by atoms with van der Waals surface area (Å²) in [5, 5.41) is 9.02. The Morgan fingerprint density at radius 1 is 1.41 bits per heavy atom. The van der Waals surface area contributed by atoms with E-state index in [0.717, 1.165) is 0 Å². The van der Waals surface area contributed by atoms with Gasteiger partial charge in [-0.05, 0) is 33.6 Å². The number of nitrogens with zero attached hydrogens (tertiary/aromatic N) is 1. The van der Waals surface area contributed by atoms with E-state index in [0.29, 0.717) is 19.5 Å². The van der Waals surface area contributed by atoms with Gasteiger partial charge in [-0.15, -0.1) is 0 Å². The molecule has 17 heavy (non-hydrogen) atoms. The van der Waals surface area contributed by atoms with Gasteiger partial charge in [0.15, 0.2) is 0 Å². The molecule has 5 heteroatoms. The van der Waals surface area contributed by atoms with Crippen LogP contribution in [-0.2, 0) is 4.74 Å². The fourth-order valence-corrected chi connectivity index (χ4v) is 1.84. The lowest BCUT2D eigenvalue weighted by molar-refractivity contribution is 0.0253. The molecule has 100 valence electrons. The molecule has 0 bridgehead atoms. The SMILES string of the molecule is CC(C)(C)OC(=O)N1CC[C@H](CO)[C@@H](F)CC1. The number of carbonyl (C=O) groups is 1. The molecule has 1 heterocycles. The molecule has 1 saturated heterocycles. The van der Waals surface area contributed by atoms with Crippen LogP contribution in [0.5, 0.6) is 0 Å². The van der Waals surface area contributed by atoms with Gasteiger partial charge in [0.25, 0.3) is 0 Å². The largest absolute Gasteiger partial charge is 0.444 e. The second-order valence-corrected chi connectivity index (χ2v) is 5.50. The molecule has 2 atom stereocenters. The number of amides is 1. The number of alkyl halides is 1. The summed E-state index contributed by atoms with van der Waals surface area (Å²) in [6.45, 7) is 6.04. The van der Waals surface area contributed by atoms with E-state index in [1.165, 1.54) is 4.90 Å². The van der Waals surface area contributed by atoms with Crippen molar-refractivity contribution in [2.45, 2.75) is 45.4 Å². The van der Waals surface area contributed by atoms with Gasteiger partial charge in [-0.2, -0.15) is 0 Å². The van der Waals surface area contributed by atoms with Crippen molar-refractivity contribution in [3.63, 3.8) is 0 Å². The first-order valence-electron chi connectivity index (χ1n) is 6.06. The summed E-state index contributed by atoms with van der Waals surface area (Å²) in [5.41, 5.74) is -0.533. The number of ether oxygens (including phenoxy) is 1. The molecule has 0 aliphatic carbocycles. The third-order valence-corrected chi connectivity index (χ3v) is 2.84. The lowest BCUT2D eigenvalue weighted by atomic mass is 10.0. The lowest BCUT2D eigenvalue weighted by Gasteiger charge is -2.26. The van der Waals surface area contributed by atoms with Crippen LogP contribution < -0.4 is 0 Å². The third-order valence-electron chi connectivity index (χ3n) is 2.84. The van der Waals surface area contributed by atoms with E-state index < -0.39 is 17.9 Å². The fourth-order valence-electron chi connectivity index (χ4n) is 1.84. The van der Waals surface area contributed by atoms with Crippen LogP contribution in [0.25, 0.3) is 0 Å². The van der Waals surface area contributed by atoms with Gasteiger partial charge < -0.3 is 14.7 Å². The molecular formula is C12H22FNO3. The van der Waals surface area contributed by atoms with E-state index in [1.807, 2.05) is 0 Å². The number of hydrogen-bond donors (Lipinski definition) is 1. The first-order chi connectivity index (χ1) is 7.83. The predicted molar refractivity (Wildman–Crippen MR) is 62.5 cm³/mol. The molecule has 1 aliphatic heterocycles. The van der Waals surface area contributed by atoms with Crippen molar-refractivity contribution in [3.05, 3.63) is 0 Å². The third kappa shape index (κ3) is 4.50. The van der Waals surface area contributed by atoms with E-state index in [-0.39, 0.29) is 18.9 Å². The highest BCUT2D eigenvalue weighted by molar-refractivity contribution is 5.68. The first kappa shape index (κ1) is 14.2. The molecule has 0 spiro atoms. The predicted octanol–water partition coefficient (Wildman–Crippen LogP) is 1.96. The van der Waals surface area contributed by atoms with Crippen molar-refractivity contribution in [1.29, 1.82) is 0 Å². The van der Waals surface area contributed by atoms with E-state index in [9.17, 15) is 9.18 Å². The fraction of sp³-hybridized carbons (Fsp3) is 0.917. The molecule has 0 unspecified atom stereocenters. The van der Waals surface area contributed by atoms with Gasteiger partial charge >= 0.3 is 6.09 Å². The second kappa shape index (κ2) is 5.67. The number of aliphatic hydroxyl groups excluding tert-OH is 1. The zero-order valence-corrected chi connectivity index (χ0v) is 10.8. The maximum atomic E-state index is 13.5. The van der Waals surface area contributed by atoms with Crippen LogP contribution in [0.15, 0.2) is 0 Å². The topological polar surface area (TPSA) is 49.8 Å². The van der Waals surface area contributed by atoms with Gasteiger partial charge in [-0.3, -0.25) is 0 Å². The smallest absolute Gasteiger partial charge is 0.410 e. The Balaban J connectivity index is 2.53. The van der Waals surface area contributed by atoms with Crippen LogP contribution in [-0.4, -0.2) is 47.6 Å². The van der Waals surface area contributed by atoms with Gasteiger partial charge in [-0.25, -0.2) is 9.18 Å². The van der Waals surface area contributed by atoms with Crippen LogP contribution in [0.2, 0.25) is 0 Å². The Kier molecular flexibility index (Phi) is 4.74. The van der Waals surface area contributed by atoms with Crippen LogP contribution in [0.3, 0.4) is 0 Å². The minimum Gasteiger partial charge on any atom is -0.444 e. The standard InChI is InChI=1S/C12H22FNO3/c1-12(2,3)17-11(16)14-6-4-9(8-15)10(13)5-7-14/h9-10,15H,4-8H2,1-3H3/t9-,10+/m1/s1. The Labute approximate surface area is 102 Å². The zero-order chi connectivity index (χ0) is 13.1. The van der Waals surface area contributed by atoms with Crippen molar-refractivity contribution in [2.75, 3.05) is 19.7 Å². The molecule has 4 nitrogen and oxygen atoms in total. The minimum atomic E-state index is -1.03. The Bertz CT molecular complexity index is 265. The van der Waals surface area contributed by atoms with E-state index in [4.69, 9.17) is 9.84 Å². The summed E-state index contributed by atoms with van der Waals surface area (Å²) < 4.78 is 18.8. The first-order valence-corrected chi connectivity index (χ1v) is 6.06. The van der Waals surface area contributed by atoms with Gasteiger partial charge in [0.05, 0.1) is 0 Å². The molecule has 0 aromatic carbocycles. The van der Waals surface area contributed by atoms with E-state index in [1.54, 1.807) is 20.8 Å². The lowest BCUT2D eigenvalue weighted by Crippen LogP contribution is -2.37. The Morgan fingerprint density at radius 2 is 2.00 bits per heavy atom. The van der Waals surface area contributed by atoms with Crippen molar-refractivity contribution < 1.29 is 19.0 Å². The number of halogens is 1. The summed E-state index contributed by atoms with van der Waals surface area (Å²) in [6.07, 6.45) is -0.683. The van der Waals surface area contributed by atoms with Crippen LogP contribution >= 0.6 is 0 Å². The van der Waals surface area contributed by atoms with Crippen molar-refractivity contribution in [3.8, 4) is 0 Å². The molecule has 0 radical (unpaired) electrons. The molecule has 1 amide bonds. The summed E-state index contributed by atoms with van der Waals surface area (Å²) >= 11 is 0. The van der Waals surface area contributed by atoms with E-state index in [2.05, 4.69) is 0 Å². The van der Waals surface area contributed by atoms with Gasteiger partial charge in [0, 0.05) is 25.6 Å². The van der Waals surface area contributed by atoms with Gasteiger partial charge in [0.1, 0.15) is 11.8 Å². The van der Waals surface area contributed by atoms with Gasteiger partial charge in [0.2, 0.25) is 0 Å². The highest BCUT2D eigenvalue weighted by atomic mass is 19.1.